The molecule has 162 valence electrons. The third-order valence-corrected chi connectivity index (χ3v) is 6.24. The van der Waals surface area contributed by atoms with Crippen LogP contribution in [0.15, 0.2) is 72.8 Å². The van der Waals surface area contributed by atoms with Crippen LogP contribution in [-0.4, -0.2) is 35.3 Å². The Morgan fingerprint density at radius 1 is 1.00 bits per heavy atom. The van der Waals surface area contributed by atoms with Crippen LogP contribution in [0.1, 0.15) is 28.0 Å². The van der Waals surface area contributed by atoms with E-state index in [4.69, 9.17) is 11.6 Å². The molecule has 0 radical (unpaired) electrons. The number of nitrogens with one attached hydrogen (secondary N) is 1. The first kappa shape index (κ1) is 20.6. The van der Waals surface area contributed by atoms with Crippen molar-refractivity contribution in [3.05, 3.63) is 94.6 Å². The van der Waals surface area contributed by atoms with Crippen molar-refractivity contribution in [3.63, 3.8) is 0 Å². The molecule has 2 heterocycles. The third kappa shape index (κ3) is 4.21. The molecule has 1 amide bonds. The summed E-state index contributed by atoms with van der Waals surface area (Å²) in [5.74, 6) is -0.138. The van der Waals surface area contributed by atoms with E-state index in [1.807, 2.05) is 53.2 Å². The van der Waals surface area contributed by atoms with Gasteiger partial charge in [-0.05, 0) is 48.2 Å². The highest BCUT2D eigenvalue weighted by molar-refractivity contribution is 6.30. The number of carbonyl (C=O) groups excluding carboxylic acids is 1. The molecule has 0 atom stereocenters. The lowest BCUT2D eigenvalue weighted by molar-refractivity contribution is 0.0950. The molecule has 0 bridgehead atoms. The number of para-hydroxylation sites is 2. The average Bonchev–Trinajstić information content (AvgIpc) is 3.19. The van der Waals surface area contributed by atoms with Gasteiger partial charge in [0, 0.05) is 35.7 Å². The van der Waals surface area contributed by atoms with Crippen molar-refractivity contribution in [1.82, 2.24) is 15.1 Å². The third-order valence-electron chi connectivity index (χ3n) is 5.99. The number of aryl methyl sites for hydroxylation is 1. The predicted molar refractivity (Wildman–Crippen MR) is 130 cm³/mol. The van der Waals surface area contributed by atoms with Crippen molar-refractivity contribution in [2.45, 2.75) is 19.4 Å². The summed E-state index contributed by atoms with van der Waals surface area (Å²) in [6, 6.07) is 24.1. The number of carbonyl (C=O) groups is 1. The largest absolute Gasteiger partial charge is 0.370 e. The van der Waals surface area contributed by atoms with Crippen molar-refractivity contribution in [1.29, 1.82) is 0 Å². The molecule has 6 heteroatoms. The van der Waals surface area contributed by atoms with Crippen LogP contribution in [0.4, 0.5) is 5.69 Å². The van der Waals surface area contributed by atoms with Crippen LogP contribution in [0.3, 0.4) is 0 Å². The van der Waals surface area contributed by atoms with Crippen molar-refractivity contribution in [2.24, 2.45) is 0 Å². The lowest BCUT2D eigenvalue weighted by Crippen LogP contribution is -2.37. The van der Waals surface area contributed by atoms with Crippen LogP contribution in [0.5, 0.6) is 0 Å². The zero-order valence-electron chi connectivity index (χ0n) is 17.8. The number of hydrogen-bond acceptors (Lipinski definition) is 3. The Morgan fingerprint density at radius 3 is 2.66 bits per heavy atom. The zero-order valence-corrected chi connectivity index (χ0v) is 18.6. The maximum Gasteiger partial charge on any atom is 0.272 e. The number of fused-ring (bicyclic) bond motifs is 2. The van der Waals surface area contributed by atoms with Gasteiger partial charge in [0.05, 0.1) is 12.1 Å². The minimum atomic E-state index is -0.138. The van der Waals surface area contributed by atoms with Gasteiger partial charge in [-0.25, -0.2) is 0 Å². The second-order valence-corrected chi connectivity index (χ2v) is 8.56. The van der Waals surface area contributed by atoms with Gasteiger partial charge < -0.3 is 10.2 Å². The molecule has 32 heavy (non-hydrogen) atoms. The summed E-state index contributed by atoms with van der Waals surface area (Å²) in [4.78, 5) is 15.4. The maximum atomic E-state index is 13.0. The number of amides is 1. The van der Waals surface area contributed by atoms with Gasteiger partial charge in [0.1, 0.15) is 0 Å². The molecule has 1 N–H and O–H groups in total. The molecular weight excluding hydrogens is 420 g/mol. The van der Waals surface area contributed by atoms with Gasteiger partial charge in [-0.15, -0.1) is 0 Å². The van der Waals surface area contributed by atoms with Crippen LogP contribution >= 0.6 is 11.6 Å². The van der Waals surface area contributed by atoms with Gasteiger partial charge in [-0.3, -0.25) is 9.48 Å². The van der Waals surface area contributed by atoms with Crippen LogP contribution < -0.4 is 10.2 Å². The van der Waals surface area contributed by atoms with E-state index in [1.165, 1.54) is 11.3 Å². The smallest absolute Gasteiger partial charge is 0.272 e. The van der Waals surface area contributed by atoms with Crippen LogP contribution in [0.2, 0.25) is 5.02 Å². The Kier molecular flexibility index (Phi) is 5.82. The molecule has 0 spiro atoms. The van der Waals surface area contributed by atoms with E-state index in [-0.39, 0.29) is 5.91 Å². The van der Waals surface area contributed by atoms with Gasteiger partial charge in [-0.2, -0.15) is 5.10 Å². The topological polar surface area (TPSA) is 50.2 Å². The highest BCUT2D eigenvalue weighted by Gasteiger charge is 2.19. The molecule has 5 nitrogen and oxygen atoms in total. The van der Waals surface area contributed by atoms with E-state index in [2.05, 4.69) is 39.6 Å². The first-order valence-electron chi connectivity index (χ1n) is 11.0. The summed E-state index contributed by atoms with van der Waals surface area (Å²) in [7, 11) is 0. The first-order valence-corrected chi connectivity index (χ1v) is 11.4. The number of halogens is 1. The number of aromatic nitrogens is 2. The van der Waals surface area contributed by atoms with E-state index in [0.29, 0.717) is 23.8 Å². The van der Waals surface area contributed by atoms with Crippen LogP contribution in [0, 0.1) is 0 Å². The Hall–Kier alpha value is -3.31. The standard InChI is InChI=1S/C26H25ClN4O/c27-21-13-11-19(12-14-21)18-31-24-10-4-2-8-22(24)25(29-31)26(32)28-15-17-30-16-5-7-20-6-1-3-9-23(20)30/h1-4,6,8-14H,5,7,15-18H2,(H,28,32). The first-order chi connectivity index (χ1) is 15.7. The van der Waals surface area contributed by atoms with Crippen molar-refractivity contribution in [3.8, 4) is 0 Å². The Morgan fingerprint density at radius 2 is 1.78 bits per heavy atom. The summed E-state index contributed by atoms with van der Waals surface area (Å²) >= 11 is 6.01. The number of nitrogens with zero attached hydrogens (tertiary/aromatic N) is 3. The van der Waals surface area contributed by atoms with E-state index in [0.717, 1.165) is 42.4 Å². The predicted octanol–water partition coefficient (Wildman–Crippen LogP) is 4.92. The number of benzene rings is 3. The van der Waals surface area contributed by atoms with E-state index >= 15 is 0 Å². The summed E-state index contributed by atoms with van der Waals surface area (Å²) in [5.41, 5.74) is 5.16. The van der Waals surface area contributed by atoms with Crippen molar-refractivity contribution >= 4 is 34.1 Å². The Balaban J connectivity index is 1.30. The normalized spacial score (nSPS) is 13.2. The minimum Gasteiger partial charge on any atom is -0.370 e. The van der Waals surface area contributed by atoms with Crippen molar-refractivity contribution in [2.75, 3.05) is 24.5 Å². The van der Waals surface area contributed by atoms with E-state index < -0.39 is 0 Å². The number of hydrogen-bond donors (Lipinski definition) is 1. The van der Waals surface area contributed by atoms with E-state index in [9.17, 15) is 4.79 Å². The minimum absolute atomic E-state index is 0.138. The monoisotopic (exact) mass is 444 g/mol. The zero-order chi connectivity index (χ0) is 21.9. The van der Waals surface area contributed by atoms with Crippen LogP contribution in [0.25, 0.3) is 10.9 Å². The summed E-state index contributed by atoms with van der Waals surface area (Å²) in [6.45, 7) is 2.96. The highest BCUT2D eigenvalue weighted by Crippen LogP contribution is 2.26. The average molecular weight is 445 g/mol. The van der Waals surface area contributed by atoms with Crippen LogP contribution in [-0.2, 0) is 13.0 Å². The number of anilines is 1. The van der Waals surface area contributed by atoms with Gasteiger partial charge in [-0.1, -0.05) is 60.1 Å². The van der Waals surface area contributed by atoms with Gasteiger partial charge in [0.2, 0.25) is 0 Å². The Labute approximate surface area is 192 Å². The molecule has 0 aliphatic carbocycles. The molecule has 5 rings (SSSR count). The number of rotatable bonds is 6. The molecule has 0 saturated carbocycles. The second kappa shape index (κ2) is 9.05. The SMILES string of the molecule is O=C(NCCN1CCCc2ccccc21)c1nn(Cc2ccc(Cl)cc2)c2ccccc12. The fourth-order valence-electron chi connectivity index (χ4n) is 4.41. The molecular formula is C26H25ClN4O. The molecule has 1 aromatic heterocycles. The van der Waals surface area contributed by atoms with E-state index in [1.54, 1.807) is 0 Å². The molecule has 0 unspecified atom stereocenters. The molecule has 3 aromatic carbocycles. The molecule has 1 aliphatic rings. The fourth-order valence-corrected chi connectivity index (χ4v) is 4.54. The van der Waals surface area contributed by atoms with Gasteiger partial charge in [0.25, 0.3) is 5.91 Å². The second-order valence-electron chi connectivity index (χ2n) is 8.13. The van der Waals surface area contributed by atoms with Gasteiger partial charge in [0.15, 0.2) is 5.69 Å². The maximum absolute atomic E-state index is 13.0. The lowest BCUT2D eigenvalue weighted by atomic mass is 10.0. The van der Waals surface area contributed by atoms with Gasteiger partial charge >= 0.3 is 0 Å². The molecule has 1 aliphatic heterocycles. The summed E-state index contributed by atoms with van der Waals surface area (Å²) in [5, 5.41) is 9.31. The summed E-state index contributed by atoms with van der Waals surface area (Å²) in [6.07, 6.45) is 2.26. The van der Waals surface area contributed by atoms with Crippen molar-refractivity contribution < 1.29 is 4.79 Å². The lowest BCUT2D eigenvalue weighted by Gasteiger charge is -2.31. The Bertz CT molecular complexity index is 1250. The fraction of sp³-hybridized carbons (Fsp3) is 0.231. The summed E-state index contributed by atoms with van der Waals surface area (Å²) < 4.78 is 1.88. The molecule has 0 saturated heterocycles. The molecule has 4 aromatic rings. The quantitative estimate of drug-likeness (QED) is 0.459. The highest BCUT2D eigenvalue weighted by atomic mass is 35.5. The molecule has 0 fully saturated rings.